The molecule has 0 aliphatic heterocycles. The Bertz CT molecular complexity index is 506. The molecule has 2 rings (SSSR count). The van der Waals surface area contributed by atoms with Crippen molar-refractivity contribution in [3.05, 3.63) is 21.7 Å². The Morgan fingerprint density at radius 2 is 2.44 bits per heavy atom. The number of rotatable bonds is 5. The van der Waals surface area contributed by atoms with Gasteiger partial charge < -0.3 is 19.6 Å². The molecule has 16 heavy (non-hydrogen) atoms. The molecule has 8 heteroatoms. The van der Waals surface area contributed by atoms with Gasteiger partial charge in [-0.25, -0.2) is 0 Å². The topological polar surface area (TPSA) is 78.9 Å². The molecule has 7 nitrogen and oxygen atoms in total. The second kappa shape index (κ2) is 4.45. The average molecular weight is 243 g/mol. The molecule has 2 aromatic heterocycles. The Morgan fingerprint density at radius 1 is 1.62 bits per heavy atom. The van der Waals surface area contributed by atoms with Gasteiger partial charge in [-0.05, 0) is 4.92 Å². The lowest BCUT2D eigenvalue weighted by Crippen LogP contribution is -2.06. The molecule has 86 valence electrons. The average Bonchev–Trinajstić information content (AvgIpc) is 2.76. The lowest BCUT2D eigenvalue weighted by molar-refractivity contribution is -0.391. The van der Waals surface area contributed by atoms with Gasteiger partial charge in [-0.15, -0.1) is 0 Å². The van der Waals surface area contributed by atoms with E-state index >= 15 is 0 Å². The first-order valence-corrected chi connectivity index (χ1v) is 5.33. The first kappa shape index (κ1) is 10.8. The summed E-state index contributed by atoms with van der Waals surface area (Å²) < 4.78 is 11.4. The van der Waals surface area contributed by atoms with Crippen molar-refractivity contribution in [1.29, 1.82) is 0 Å². The summed E-state index contributed by atoms with van der Waals surface area (Å²) in [6.45, 7) is 0.602. The number of aromatic nitrogens is 2. The van der Waals surface area contributed by atoms with Crippen LogP contribution >= 0.6 is 11.3 Å². The van der Waals surface area contributed by atoms with Crippen LogP contribution in [0.25, 0.3) is 4.96 Å². The highest BCUT2D eigenvalue weighted by molar-refractivity contribution is 7.15. The molecule has 0 radical (unpaired) electrons. The molecule has 0 amide bonds. The van der Waals surface area contributed by atoms with Crippen molar-refractivity contribution in [2.45, 2.75) is 0 Å². The van der Waals surface area contributed by atoms with Crippen molar-refractivity contribution >= 4 is 22.1 Å². The van der Waals surface area contributed by atoms with Crippen LogP contribution in [0, 0.1) is 10.1 Å². The van der Waals surface area contributed by atoms with Crippen molar-refractivity contribution in [2.75, 3.05) is 20.3 Å². The SMILES string of the molecule is COCCOc1nc2sccn2c1[N+](=O)[O-]. The maximum Gasteiger partial charge on any atom is 0.393 e. The molecule has 0 fully saturated rings. The number of thiazole rings is 1. The minimum atomic E-state index is -0.505. The predicted octanol–water partition coefficient (Wildman–Crippen LogP) is 1.33. The molecule has 0 bridgehead atoms. The van der Waals surface area contributed by atoms with E-state index in [2.05, 4.69) is 4.98 Å². The highest BCUT2D eigenvalue weighted by Gasteiger charge is 2.24. The molecular formula is C8H9N3O4S. The fraction of sp³-hybridized carbons (Fsp3) is 0.375. The van der Waals surface area contributed by atoms with Crippen LogP contribution in [0.1, 0.15) is 0 Å². The number of ether oxygens (including phenoxy) is 2. The van der Waals surface area contributed by atoms with Gasteiger partial charge in [-0.1, -0.05) is 11.3 Å². The summed E-state index contributed by atoms with van der Waals surface area (Å²) in [5.41, 5.74) is 0. The summed E-state index contributed by atoms with van der Waals surface area (Å²) in [6, 6.07) is 0. The predicted molar refractivity (Wildman–Crippen MR) is 57.1 cm³/mol. The Balaban J connectivity index is 2.32. The van der Waals surface area contributed by atoms with Crippen LogP contribution in [0.3, 0.4) is 0 Å². The van der Waals surface area contributed by atoms with Crippen molar-refractivity contribution in [3.8, 4) is 5.88 Å². The van der Waals surface area contributed by atoms with E-state index in [1.165, 1.54) is 22.8 Å². The zero-order valence-electron chi connectivity index (χ0n) is 8.45. The third kappa shape index (κ3) is 1.84. The number of methoxy groups -OCH3 is 1. The van der Waals surface area contributed by atoms with Crippen LogP contribution in [0.15, 0.2) is 11.6 Å². The fourth-order valence-corrected chi connectivity index (χ4v) is 1.94. The first-order valence-electron chi connectivity index (χ1n) is 4.45. The third-order valence-electron chi connectivity index (χ3n) is 1.91. The molecule has 0 saturated heterocycles. The van der Waals surface area contributed by atoms with Crippen LogP contribution in [0.5, 0.6) is 5.88 Å². The quantitative estimate of drug-likeness (QED) is 0.449. The monoisotopic (exact) mass is 243 g/mol. The van der Waals surface area contributed by atoms with Crippen LogP contribution in [-0.4, -0.2) is 34.6 Å². The van der Waals surface area contributed by atoms with Gasteiger partial charge in [0.15, 0.2) is 0 Å². The van der Waals surface area contributed by atoms with Crippen molar-refractivity contribution < 1.29 is 14.4 Å². The van der Waals surface area contributed by atoms with Gasteiger partial charge in [-0.3, -0.25) is 0 Å². The zero-order valence-corrected chi connectivity index (χ0v) is 9.27. The lowest BCUT2D eigenvalue weighted by atomic mass is 10.6. The number of hydrogen-bond donors (Lipinski definition) is 0. The molecule has 2 aromatic rings. The second-order valence-electron chi connectivity index (χ2n) is 2.89. The standard InChI is InChI=1S/C8H9N3O4S/c1-14-3-4-15-6-7(11(12)13)10-2-5-16-8(10)9-6/h2,5H,3-4H2,1H3. The summed E-state index contributed by atoms with van der Waals surface area (Å²) in [5, 5.41) is 12.6. The Labute approximate surface area is 94.4 Å². The molecule has 0 aliphatic rings. The van der Waals surface area contributed by atoms with E-state index < -0.39 is 4.92 Å². The van der Waals surface area contributed by atoms with Gasteiger partial charge in [0.05, 0.1) is 6.61 Å². The molecule has 0 unspecified atom stereocenters. The van der Waals surface area contributed by atoms with E-state index in [-0.39, 0.29) is 18.3 Å². The summed E-state index contributed by atoms with van der Waals surface area (Å²) in [7, 11) is 1.53. The number of imidazole rings is 1. The number of nitrogens with zero attached hydrogens (tertiary/aromatic N) is 3. The summed E-state index contributed by atoms with van der Waals surface area (Å²) in [4.78, 5) is 14.9. The second-order valence-corrected chi connectivity index (χ2v) is 3.77. The van der Waals surface area contributed by atoms with Crippen molar-refractivity contribution in [2.24, 2.45) is 0 Å². The smallest absolute Gasteiger partial charge is 0.393 e. The first-order chi connectivity index (χ1) is 7.74. The highest BCUT2D eigenvalue weighted by atomic mass is 32.1. The van der Waals surface area contributed by atoms with E-state index in [1.807, 2.05) is 0 Å². The number of fused-ring (bicyclic) bond motifs is 1. The highest BCUT2D eigenvalue weighted by Crippen LogP contribution is 2.29. The molecule has 0 atom stereocenters. The van der Waals surface area contributed by atoms with Gasteiger partial charge in [0.2, 0.25) is 0 Å². The van der Waals surface area contributed by atoms with Gasteiger partial charge in [0, 0.05) is 12.5 Å². The minimum absolute atomic E-state index is 0.0360. The van der Waals surface area contributed by atoms with Crippen LogP contribution < -0.4 is 4.74 Å². The van der Waals surface area contributed by atoms with E-state index in [9.17, 15) is 10.1 Å². The van der Waals surface area contributed by atoms with Gasteiger partial charge in [0.25, 0.3) is 4.96 Å². The maximum atomic E-state index is 10.9. The van der Waals surface area contributed by atoms with E-state index in [0.717, 1.165) is 0 Å². The molecule has 0 N–H and O–H groups in total. The Kier molecular flexibility index (Phi) is 3.02. The van der Waals surface area contributed by atoms with Crippen LogP contribution in [0.2, 0.25) is 0 Å². The van der Waals surface area contributed by atoms with E-state index in [4.69, 9.17) is 9.47 Å². The summed E-state index contributed by atoms with van der Waals surface area (Å²) in [5.74, 6) is -0.110. The van der Waals surface area contributed by atoms with E-state index in [1.54, 1.807) is 11.6 Å². The van der Waals surface area contributed by atoms with Crippen LogP contribution in [-0.2, 0) is 4.74 Å². The minimum Gasteiger partial charge on any atom is -0.469 e. The molecule has 2 heterocycles. The summed E-state index contributed by atoms with van der Waals surface area (Å²) in [6.07, 6.45) is 1.59. The summed E-state index contributed by atoms with van der Waals surface area (Å²) >= 11 is 1.32. The van der Waals surface area contributed by atoms with Gasteiger partial charge in [0.1, 0.15) is 12.8 Å². The third-order valence-corrected chi connectivity index (χ3v) is 2.66. The zero-order chi connectivity index (χ0) is 11.5. The van der Waals surface area contributed by atoms with Crippen molar-refractivity contribution in [1.82, 2.24) is 9.38 Å². The van der Waals surface area contributed by atoms with Gasteiger partial charge >= 0.3 is 11.7 Å². The Morgan fingerprint density at radius 3 is 3.12 bits per heavy atom. The Hall–Kier alpha value is -1.67. The van der Waals surface area contributed by atoms with Gasteiger partial charge in [-0.2, -0.15) is 9.38 Å². The maximum absolute atomic E-state index is 10.9. The van der Waals surface area contributed by atoms with E-state index in [0.29, 0.717) is 11.6 Å². The number of hydrogen-bond acceptors (Lipinski definition) is 6. The molecule has 0 aliphatic carbocycles. The van der Waals surface area contributed by atoms with Crippen molar-refractivity contribution in [3.63, 3.8) is 0 Å². The number of nitro groups is 1. The molecule has 0 aromatic carbocycles. The molecular weight excluding hydrogens is 234 g/mol. The van der Waals surface area contributed by atoms with Crippen LogP contribution in [0.4, 0.5) is 5.82 Å². The normalized spacial score (nSPS) is 10.8. The largest absolute Gasteiger partial charge is 0.469 e. The molecule has 0 saturated carbocycles. The lowest BCUT2D eigenvalue weighted by Gasteiger charge is -2.01. The molecule has 0 spiro atoms. The fourth-order valence-electron chi connectivity index (χ4n) is 1.24.